The van der Waals surface area contributed by atoms with E-state index in [1.54, 1.807) is 24.3 Å². The first-order valence-corrected chi connectivity index (χ1v) is 6.57. The number of esters is 1. The van der Waals surface area contributed by atoms with Gasteiger partial charge < -0.3 is 15.4 Å². The van der Waals surface area contributed by atoms with Gasteiger partial charge in [0.25, 0.3) is 0 Å². The highest BCUT2D eigenvalue weighted by atomic mass is 16.5. The molecule has 0 spiro atoms. The van der Waals surface area contributed by atoms with Crippen LogP contribution in [0, 0.1) is 0 Å². The molecule has 7 nitrogen and oxygen atoms in total. The zero-order valence-electron chi connectivity index (χ0n) is 12.1. The van der Waals surface area contributed by atoms with E-state index in [1.165, 1.54) is 7.11 Å². The average molecular weight is 293 g/mol. The molecular weight excluding hydrogens is 274 g/mol. The number of nitrogens with one attached hydrogen (secondary N) is 3. The van der Waals surface area contributed by atoms with Gasteiger partial charge in [-0.3, -0.25) is 10.1 Å². The Balaban J connectivity index is 2.53. The fraction of sp³-hybridized carbons (Fsp3) is 0.357. The molecule has 1 aromatic rings. The number of carbonyl (C=O) groups excluding carboxylic acids is 3. The second-order valence-corrected chi connectivity index (χ2v) is 4.19. The van der Waals surface area contributed by atoms with E-state index >= 15 is 0 Å². The van der Waals surface area contributed by atoms with Crippen molar-refractivity contribution in [2.24, 2.45) is 0 Å². The number of hydrogen-bond donors (Lipinski definition) is 3. The summed E-state index contributed by atoms with van der Waals surface area (Å²) >= 11 is 0. The SMILES string of the molecule is CCCNC(=O)NC(=O)CNc1ccccc1C(=O)OC. The summed E-state index contributed by atoms with van der Waals surface area (Å²) in [5.41, 5.74) is 0.789. The number of methoxy groups -OCH3 is 1. The maximum absolute atomic E-state index is 11.6. The van der Waals surface area contributed by atoms with Crippen LogP contribution in [0.2, 0.25) is 0 Å². The van der Waals surface area contributed by atoms with Gasteiger partial charge in [-0.15, -0.1) is 0 Å². The van der Waals surface area contributed by atoms with E-state index in [4.69, 9.17) is 0 Å². The summed E-state index contributed by atoms with van der Waals surface area (Å²) in [7, 11) is 1.28. The van der Waals surface area contributed by atoms with Gasteiger partial charge in [0.05, 0.1) is 19.2 Å². The van der Waals surface area contributed by atoms with Crippen LogP contribution in [0.1, 0.15) is 23.7 Å². The third-order valence-corrected chi connectivity index (χ3v) is 2.56. The molecule has 3 amide bonds. The minimum absolute atomic E-state index is 0.131. The topological polar surface area (TPSA) is 96.5 Å². The molecule has 114 valence electrons. The van der Waals surface area contributed by atoms with E-state index < -0.39 is 17.9 Å². The largest absolute Gasteiger partial charge is 0.465 e. The number of ether oxygens (including phenoxy) is 1. The van der Waals surface area contributed by atoms with Crippen molar-refractivity contribution in [3.63, 3.8) is 0 Å². The molecule has 0 unspecified atom stereocenters. The van der Waals surface area contributed by atoms with E-state index in [1.807, 2.05) is 6.92 Å². The van der Waals surface area contributed by atoms with Crippen LogP contribution >= 0.6 is 0 Å². The molecule has 0 aliphatic heterocycles. The van der Waals surface area contributed by atoms with Crippen LogP contribution in [0.15, 0.2) is 24.3 Å². The van der Waals surface area contributed by atoms with Gasteiger partial charge in [-0.1, -0.05) is 19.1 Å². The van der Waals surface area contributed by atoms with Crippen LogP contribution in [0.5, 0.6) is 0 Å². The van der Waals surface area contributed by atoms with Gasteiger partial charge in [0.2, 0.25) is 5.91 Å². The van der Waals surface area contributed by atoms with Crippen molar-refractivity contribution in [3.05, 3.63) is 29.8 Å². The lowest BCUT2D eigenvalue weighted by Crippen LogP contribution is -2.42. The van der Waals surface area contributed by atoms with Crippen LogP contribution in [0.3, 0.4) is 0 Å². The highest BCUT2D eigenvalue weighted by Gasteiger charge is 2.12. The summed E-state index contributed by atoms with van der Waals surface area (Å²) in [6.45, 7) is 2.28. The van der Waals surface area contributed by atoms with Crippen LogP contribution in [-0.4, -0.2) is 38.1 Å². The Labute approximate surface area is 123 Å². The first-order valence-electron chi connectivity index (χ1n) is 6.57. The summed E-state index contributed by atoms with van der Waals surface area (Å²) in [5, 5.41) is 7.50. The molecule has 0 bridgehead atoms. The number of benzene rings is 1. The van der Waals surface area contributed by atoms with Crippen molar-refractivity contribution in [3.8, 4) is 0 Å². The molecule has 0 saturated carbocycles. The molecule has 0 aliphatic rings. The standard InChI is InChI=1S/C14H19N3O4/c1-3-8-15-14(20)17-12(18)9-16-11-7-5-4-6-10(11)13(19)21-2/h4-7,16H,3,8-9H2,1-2H3,(H2,15,17,18,20). The van der Waals surface area contributed by atoms with Crippen LogP contribution < -0.4 is 16.0 Å². The minimum Gasteiger partial charge on any atom is -0.465 e. The molecule has 1 aromatic carbocycles. The summed E-state index contributed by atoms with van der Waals surface area (Å²) in [6, 6.07) is 6.11. The average Bonchev–Trinajstić information content (AvgIpc) is 2.50. The Kier molecular flexibility index (Phi) is 6.73. The summed E-state index contributed by atoms with van der Waals surface area (Å²) in [6.07, 6.45) is 0.784. The second kappa shape index (κ2) is 8.57. The quantitative estimate of drug-likeness (QED) is 0.683. The molecule has 21 heavy (non-hydrogen) atoms. The smallest absolute Gasteiger partial charge is 0.339 e. The van der Waals surface area contributed by atoms with Crippen LogP contribution in [0.25, 0.3) is 0 Å². The third-order valence-electron chi connectivity index (χ3n) is 2.56. The van der Waals surface area contributed by atoms with E-state index in [2.05, 4.69) is 20.7 Å². The summed E-state index contributed by atoms with van der Waals surface area (Å²) in [4.78, 5) is 34.4. The lowest BCUT2D eigenvalue weighted by molar-refractivity contribution is -0.118. The number of anilines is 1. The molecule has 3 N–H and O–H groups in total. The summed E-state index contributed by atoms with van der Waals surface area (Å²) < 4.78 is 4.65. The fourth-order valence-electron chi connectivity index (χ4n) is 1.55. The second-order valence-electron chi connectivity index (χ2n) is 4.19. The van der Waals surface area contributed by atoms with Crippen molar-refractivity contribution in [1.82, 2.24) is 10.6 Å². The molecule has 0 fully saturated rings. The molecule has 0 saturated heterocycles. The van der Waals surface area contributed by atoms with Gasteiger partial charge in [-0.2, -0.15) is 0 Å². The Morgan fingerprint density at radius 2 is 1.90 bits per heavy atom. The fourth-order valence-corrected chi connectivity index (χ4v) is 1.55. The Bertz CT molecular complexity index is 517. The maximum atomic E-state index is 11.6. The molecule has 0 heterocycles. The normalized spacial score (nSPS) is 9.62. The molecule has 0 radical (unpaired) electrons. The van der Waals surface area contributed by atoms with Gasteiger partial charge in [-0.05, 0) is 18.6 Å². The zero-order chi connectivity index (χ0) is 15.7. The molecule has 0 aromatic heterocycles. The summed E-state index contributed by atoms with van der Waals surface area (Å²) in [5.74, 6) is -0.998. The number of rotatable bonds is 6. The molecular formula is C14H19N3O4. The van der Waals surface area contributed by atoms with Crippen molar-refractivity contribution in [2.45, 2.75) is 13.3 Å². The Morgan fingerprint density at radius 1 is 1.19 bits per heavy atom. The third kappa shape index (κ3) is 5.52. The van der Waals surface area contributed by atoms with E-state index in [-0.39, 0.29) is 6.54 Å². The number of urea groups is 1. The van der Waals surface area contributed by atoms with Crippen molar-refractivity contribution < 1.29 is 19.1 Å². The van der Waals surface area contributed by atoms with Crippen molar-refractivity contribution in [1.29, 1.82) is 0 Å². The first-order chi connectivity index (χ1) is 10.1. The van der Waals surface area contributed by atoms with Gasteiger partial charge >= 0.3 is 12.0 Å². The van der Waals surface area contributed by atoms with Gasteiger partial charge in [-0.25, -0.2) is 9.59 Å². The lowest BCUT2D eigenvalue weighted by Gasteiger charge is -2.10. The number of amides is 3. The maximum Gasteiger partial charge on any atom is 0.339 e. The minimum atomic E-state index is -0.537. The van der Waals surface area contributed by atoms with Gasteiger partial charge in [0.15, 0.2) is 0 Å². The van der Waals surface area contributed by atoms with Crippen LogP contribution in [0.4, 0.5) is 10.5 Å². The number of hydrogen-bond acceptors (Lipinski definition) is 5. The van der Waals surface area contributed by atoms with Gasteiger partial charge in [0.1, 0.15) is 0 Å². The van der Waals surface area contributed by atoms with E-state index in [0.29, 0.717) is 17.8 Å². The zero-order valence-corrected chi connectivity index (χ0v) is 12.1. The predicted octanol–water partition coefficient (Wildman–Crippen LogP) is 1.12. The number of carbonyl (C=O) groups is 3. The van der Waals surface area contributed by atoms with Gasteiger partial charge in [0, 0.05) is 12.2 Å². The monoisotopic (exact) mass is 293 g/mol. The molecule has 0 atom stereocenters. The molecule has 7 heteroatoms. The molecule has 1 rings (SSSR count). The number of para-hydroxylation sites is 1. The first kappa shape index (κ1) is 16.5. The van der Waals surface area contributed by atoms with E-state index in [9.17, 15) is 14.4 Å². The van der Waals surface area contributed by atoms with E-state index in [0.717, 1.165) is 6.42 Å². The Morgan fingerprint density at radius 3 is 2.57 bits per heavy atom. The molecule has 0 aliphatic carbocycles. The Hall–Kier alpha value is -2.57. The van der Waals surface area contributed by atoms with Crippen molar-refractivity contribution in [2.75, 3.05) is 25.5 Å². The van der Waals surface area contributed by atoms with Crippen molar-refractivity contribution >= 4 is 23.6 Å². The van der Waals surface area contributed by atoms with Crippen LogP contribution in [-0.2, 0) is 9.53 Å². The lowest BCUT2D eigenvalue weighted by atomic mass is 10.2. The highest BCUT2D eigenvalue weighted by Crippen LogP contribution is 2.15. The number of imide groups is 1. The highest BCUT2D eigenvalue weighted by molar-refractivity contribution is 5.98. The predicted molar refractivity (Wildman–Crippen MR) is 78.1 cm³/mol.